The van der Waals surface area contributed by atoms with Gasteiger partial charge in [-0.25, -0.2) is 14.8 Å². The van der Waals surface area contributed by atoms with Crippen LogP contribution in [0.4, 0.5) is 10.6 Å². The summed E-state index contributed by atoms with van der Waals surface area (Å²) in [6.45, 7) is 0.913. The highest BCUT2D eigenvalue weighted by atomic mass is 16.5. The summed E-state index contributed by atoms with van der Waals surface area (Å²) in [6.07, 6.45) is 4.26. The molecule has 1 fully saturated rings. The largest absolute Gasteiger partial charge is 0.489 e. The lowest BCUT2D eigenvalue weighted by molar-refractivity contribution is 0.126. The first-order chi connectivity index (χ1) is 16.5. The maximum Gasteiger partial charge on any atom is 0.407 e. The van der Waals surface area contributed by atoms with Crippen LogP contribution in [0.25, 0.3) is 22.2 Å². The summed E-state index contributed by atoms with van der Waals surface area (Å²) in [4.78, 5) is 20.9. The molecule has 1 aliphatic rings. The van der Waals surface area contributed by atoms with Gasteiger partial charge in [0, 0.05) is 31.4 Å². The monoisotopic (exact) mass is 456 g/mol. The van der Waals surface area contributed by atoms with Crippen LogP contribution < -0.4 is 10.5 Å². The number of nitrogens with two attached hydrogens (primary N) is 1. The van der Waals surface area contributed by atoms with Gasteiger partial charge in [-0.3, -0.25) is 0 Å². The van der Waals surface area contributed by atoms with Gasteiger partial charge in [-0.2, -0.15) is 0 Å². The Labute approximate surface area is 197 Å². The molecule has 5 rings (SSSR count). The van der Waals surface area contributed by atoms with Gasteiger partial charge in [-0.05, 0) is 42.0 Å². The topological polar surface area (TPSA) is 107 Å². The van der Waals surface area contributed by atoms with Crippen LogP contribution in [0.5, 0.6) is 5.75 Å². The third kappa shape index (κ3) is 4.26. The Morgan fingerprint density at radius 3 is 2.74 bits per heavy atom. The number of hydrogen-bond donors (Lipinski definition) is 2. The molecule has 2 aromatic carbocycles. The van der Waals surface area contributed by atoms with E-state index >= 15 is 0 Å². The van der Waals surface area contributed by atoms with Gasteiger partial charge < -0.3 is 25.0 Å². The molecule has 8 heteroatoms. The van der Waals surface area contributed by atoms with Crippen LogP contribution in [0.15, 0.2) is 67.1 Å². The second-order valence-corrected chi connectivity index (χ2v) is 8.71. The van der Waals surface area contributed by atoms with E-state index in [1.807, 2.05) is 54.6 Å². The van der Waals surface area contributed by atoms with E-state index in [-0.39, 0.29) is 12.0 Å². The van der Waals surface area contributed by atoms with Crippen LogP contribution in [0.2, 0.25) is 0 Å². The second-order valence-electron chi connectivity index (χ2n) is 8.71. The van der Waals surface area contributed by atoms with Gasteiger partial charge in [0.05, 0.1) is 5.39 Å². The number of carbonyl (C=O) groups is 1. The Morgan fingerprint density at radius 1 is 1.18 bits per heavy atom. The van der Waals surface area contributed by atoms with Gasteiger partial charge in [0.25, 0.3) is 0 Å². The lowest BCUT2D eigenvalue weighted by Gasteiger charge is -2.38. The van der Waals surface area contributed by atoms with Gasteiger partial charge in [-0.15, -0.1) is 0 Å². The molecule has 1 saturated carbocycles. The van der Waals surface area contributed by atoms with Gasteiger partial charge in [0.1, 0.15) is 30.1 Å². The van der Waals surface area contributed by atoms with Crippen molar-refractivity contribution in [3.8, 4) is 16.9 Å². The average Bonchev–Trinajstić information content (AvgIpc) is 3.21. The van der Waals surface area contributed by atoms with Crippen LogP contribution in [-0.4, -0.2) is 37.2 Å². The third-order valence-corrected chi connectivity index (χ3v) is 6.39. The predicted octanol–water partition coefficient (Wildman–Crippen LogP) is 4.98. The maximum atomic E-state index is 11.1. The summed E-state index contributed by atoms with van der Waals surface area (Å²) >= 11 is 0. The summed E-state index contributed by atoms with van der Waals surface area (Å²) in [5.41, 5.74) is 10.1. The molecule has 34 heavy (non-hydrogen) atoms. The van der Waals surface area contributed by atoms with Crippen molar-refractivity contribution < 1.29 is 14.6 Å². The Bertz CT molecular complexity index is 1310. The number of hydrogen-bond acceptors (Lipinski definition) is 5. The molecule has 1 amide bonds. The Morgan fingerprint density at radius 2 is 1.97 bits per heavy atom. The first-order valence-electron chi connectivity index (χ1n) is 11.2. The van der Waals surface area contributed by atoms with Gasteiger partial charge in [-0.1, -0.05) is 42.5 Å². The highest BCUT2D eigenvalue weighted by molar-refractivity contribution is 6.00. The number of aromatic nitrogens is 3. The Balaban J connectivity index is 1.41. The normalized spacial score (nSPS) is 17.3. The van der Waals surface area contributed by atoms with Crippen molar-refractivity contribution in [2.45, 2.75) is 25.5 Å². The number of amides is 1. The van der Waals surface area contributed by atoms with Crippen molar-refractivity contribution in [2.75, 3.05) is 12.3 Å². The SMILES string of the molecule is [CH2]N(CC1CC(n2cc(-c3cccc(OCc4ccccc4)c3)c3c(N)ncnc32)C1)C(=O)O. The fourth-order valence-electron chi connectivity index (χ4n) is 4.57. The van der Waals surface area contributed by atoms with Crippen molar-refractivity contribution >= 4 is 22.9 Å². The summed E-state index contributed by atoms with van der Waals surface area (Å²) in [5.74, 6) is 1.47. The molecule has 8 nitrogen and oxygen atoms in total. The van der Waals surface area contributed by atoms with E-state index in [4.69, 9.17) is 15.6 Å². The van der Waals surface area contributed by atoms with Crippen LogP contribution in [0, 0.1) is 13.0 Å². The zero-order valence-electron chi connectivity index (χ0n) is 18.7. The van der Waals surface area contributed by atoms with Gasteiger partial charge >= 0.3 is 6.09 Å². The molecule has 1 radical (unpaired) electrons. The van der Waals surface area contributed by atoms with Crippen molar-refractivity contribution in [3.05, 3.63) is 79.7 Å². The predicted molar refractivity (Wildman–Crippen MR) is 130 cm³/mol. The molecule has 0 spiro atoms. The third-order valence-electron chi connectivity index (χ3n) is 6.39. The number of carboxylic acid groups (broad SMARTS) is 1. The second kappa shape index (κ2) is 9.05. The molecule has 173 valence electrons. The average molecular weight is 457 g/mol. The van der Waals surface area contributed by atoms with E-state index in [9.17, 15) is 4.79 Å². The molecule has 0 bridgehead atoms. The molecular weight excluding hydrogens is 430 g/mol. The van der Waals surface area contributed by atoms with E-state index in [2.05, 4.69) is 27.8 Å². The molecule has 4 aromatic rings. The highest BCUT2D eigenvalue weighted by Crippen LogP contribution is 2.43. The first-order valence-corrected chi connectivity index (χ1v) is 11.2. The summed E-state index contributed by atoms with van der Waals surface area (Å²) in [5, 5.41) is 9.89. The quantitative estimate of drug-likeness (QED) is 0.406. The van der Waals surface area contributed by atoms with E-state index in [1.165, 1.54) is 6.33 Å². The number of ether oxygens (including phenoxy) is 1. The lowest BCUT2D eigenvalue weighted by atomic mass is 9.80. The summed E-state index contributed by atoms with van der Waals surface area (Å²) in [6, 6.07) is 18.2. The number of nitrogen functional groups attached to an aromatic ring is 1. The fraction of sp³-hybridized carbons (Fsp3) is 0.231. The molecule has 2 heterocycles. The van der Waals surface area contributed by atoms with Crippen LogP contribution in [-0.2, 0) is 6.61 Å². The van der Waals surface area contributed by atoms with Crippen molar-refractivity contribution in [1.29, 1.82) is 0 Å². The smallest absolute Gasteiger partial charge is 0.407 e. The van der Waals surface area contributed by atoms with Gasteiger partial charge in [0.2, 0.25) is 0 Å². The lowest BCUT2D eigenvalue weighted by Crippen LogP contribution is -2.36. The van der Waals surface area contributed by atoms with Crippen LogP contribution in [0.3, 0.4) is 0 Å². The zero-order chi connectivity index (χ0) is 23.7. The number of fused-ring (bicyclic) bond motifs is 1. The number of anilines is 1. The maximum absolute atomic E-state index is 11.1. The summed E-state index contributed by atoms with van der Waals surface area (Å²) in [7, 11) is 3.58. The fourth-order valence-corrected chi connectivity index (χ4v) is 4.57. The number of rotatable bonds is 7. The van der Waals surface area contributed by atoms with E-state index in [0.717, 1.165) is 51.2 Å². The summed E-state index contributed by atoms with van der Waals surface area (Å²) < 4.78 is 8.17. The van der Waals surface area contributed by atoms with Crippen molar-refractivity contribution in [1.82, 2.24) is 19.4 Å². The molecule has 0 atom stereocenters. The van der Waals surface area contributed by atoms with Crippen molar-refractivity contribution in [3.63, 3.8) is 0 Å². The first kappa shape index (κ1) is 21.8. The van der Waals surface area contributed by atoms with Crippen molar-refractivity contribution in [2.24, 2.45) is 5.92 Å². The molecule has 3 N–H and O–H groups in total. The molecule has 0 saturated heterocycles. The minimum absolute atomic E-state index is 0.218. The van der Waals surface area contributed by atoms with Gasteiger partial charge in [0.15, 0.2) is 0 Å². The highest BCUT2D eigenvalue weighted by Gasteiger charge is 2.33. The molecule has 1 aliphatic carbocycles. The molecule has 2 aromatic heterocycles. The molecule has 0 aliphatic heterocycles. The zero-order valence-corrected chi connectivity index (χ0v) is 18.7. The standard InChI is InChI=1S/C26H26N5O3/c1-30(26(32)33)13-18-10-20(11-18)31-14-22(23-24(27)28-16-29-25(23)31)19-8-5-9-21(12-19)34-15-17-6-3-2-4-7-17/h2-9,12,14,16,18,20H,1,10-11,13,15H2,(H,32,33)(H2,27,28,29). The number of nitrogens with zero attached hydrogens (tertiary/aromatic N) is 4. The Hall–Kier alpha value is -4.07. The van der Waals surface area contributed by atoms with Crippen LogP contribution in [0.1, 0.15) is 24.4 Å². The van der Waals surface area contributed by atoms with E-state index in [1.54, 1.807) is 0 Å². The van der Waals surface area contributed by atoms with E-state index in [0.29, 0.717) is 19.0 Å². The number of benzene rings is 2. The minimum Gasteiger partial charge on any atom is -0.489 e. The molecule has 0 unspecified atom stereocenters. The Kier molecular flexibility index (Phi) is 5.79. The molecular formula is C26H26N5O3. The van der Waals surface area contributed by atoms with E-state index < -0.39 is 6.09 Å². The van der Waals surface area contributed by atoms with Crippen LogP contribution >= 0.6 is 0 Å². The minimum atomic E-state index is -1.01.